The standard InChI is InChI=1S/C21H23ClF2N2O2.CH2O2/c1-26(2)9-7-14(8-10-26)13-28-21(27)25-20-6-4-16(23)12-17(20)15-3-5-19(24)18(22)11-15;2-1-3/h3-6,11-12,14H,7-10,13H2,1-2H3;1H,(H,2,3). The van der Waals surface area contributed by atoms with Crippen LogP contribution in [0.2, 0.25) is 5.02 Å². The number of amides is 1. The second kappa shape index (κ2) is 11.1. The number of carbonyl (C=O) groups is 2. The maximum atomic E-state index is 13.8. The summed E-state index contributed by atoms with van der Waals surface area (Å²) in [6.07, 6.45) is 1.42. The summed E-state index contributed by atoms with van der Waals surface area (Å²) in [6.45, 7) is 1.97. The fraction of sp³-hybridized carbons (Fsp3) is 0.364. The van der Waals surface area contributed by atoms with Crippen molar-refractivity contribution in [2.24, 2.45) is 5.92 Å². The Balaban J connectivity index is 0.00000107. The lowest BCUT2D eigenvalue weighted by atomic mass is 9.97. The van der Waals surface area contributed by atoms with E-state index in [2.05, 4.69) is 19.4 Å². The SMILES string of the molecule is C[N+]1(C)CCC(COC(=O)Nc2ccc(F)cc2-c2ccc(F)c(Cl)c2)CC1.O=C[O-]. The van der Waals surface area contributed by atoms with Crippen LogP contribution in [0.1, 0.15) is 12.8 Å². The van der Waals surface area contributed by atoms with Crippen LogP contribution in [0.4, 0.5) is 19.3 Å². The van der Waals surface area contributed by atoms with Crippen LogP contribution in [-0.2, 0) is 9.53 Å². The van der Waals surface area contributed by atoms with Crippen molar-refractivity contribution < 1.29 is 32.7 Å². The number of carboxylic acid groups (broad SMARTS) is 1. The normalized spacial score (nSPS) is 15.4. The molecule has 0 atom stereocenters. The van der Waals surface area contributed by atoms with E-state index in [1.165, 1.54) is 36.4 Å². The van der Waals surface area contributed by atoms with E-state index in [1.807, 2.05) is 0 Å². The van der Waals surface area contributed by atoms with Gasteiger partial charge in [0.15, 0.2) is 0 Å². The summed E-state index contributed by atoms with van der Waals surface area (Å²) in [7, 11) is 4.39. The maximum absolute atomic E-state index is 13.8. The van der Waals surface area contributed by atoms with E-state index in [9.17, 15) is 13.6 Å². The van der Waals surface area contributed by atoms with Gasteiger partial charge in [0.1, 0.15) is 11.6 Å². The van der Waals surface area contributed by atoms with Gasteiger partial charge in [-0.2, -0.15) is 0 Å². The summed E-state index contributed by atoms with van der Waals surface area (Å²) < 4.78 is 33.6. The van der Waals surface area contributed by atoms with Gasteiger partial charge >= 0.3 is 6.09 Å². The van der Waals surface area contributed by atoms with Crippen molar-refractivity contribution in [2.75, 3.05) is 39.1 Å². The molecule has 0 aliphatic carbocycles. The molecule has 6 nitrogen and oxygen atoms in total. The number of ether oxygens (including phenoxy) is 1. The first kappa shape index (κ1) is 24.6. The summed E-state index contributed by atoms with van der Waals surface area (Å²) in [5, 5.41) is 10.8. The lowest BCUT2D eigenvalue weighted by Crippen LogP contribution is -2.46. The minimum Gasteiger partial charge on any atom is -0.554 e. The molecule has 0 bridgehead atoms. The first-order valence-corrected chi connectivity index (χ1v) is 10.1. The summed E-state index contributed by atoms with van der Waals surface area (Å²) in [5.74, 6) is -0.692. The molecule has 0 unspecified atom stereocenters. The average Bonchev–Trinajstić information content (AvgIpc) is 2.71. The van der Waals surface area contributed by atoms with Crippen LogP contribution < -0.4 is 10.4 Å². The number of benzene rings is 2. The Morgan fingerprint density at radius 1 is 1.23 bits per heavy atom. The molecule has 168 valence electrons. The van der Waals surface area contributed by atoms with Crippen molar-refractivity contribution in [2.45, 2.75) is 12.8 Å². The fourth-order valence-corrected chi connectivity index (χ4v) is 3.54. The van der Waals surface area contributed by atoms with E-state index in [4.69, 9.17) is 26.2 Å². The third-order valence-corrected chi connectivity index (χ3v) is 5.47. The molecule has 1 saturated heterocycles. The molecule has 31 heavy (non-hydrogen) atoms. The van der Waals surface area contributed by atoms with Crippen LogP contribution in [0.3, 0.4) is 0 Å². The van der Waals surface area contributed by atoms with E-state index in [1.54, 1.807) is 0 Å². The van der Waals surface area contributed by atoms with Crippen molar-refractivity contribution in [3.05, 3.63) is 53.1 Å². The minimum absolute atomic E-state index is 0.0751. The molecule has 1 aliphatic heterocycles. The number of anilines is 1. The van der Waals surface area contributed by atoms with Gasteiger partial charge in [-0.1, -0.05) is 17.7 Å². The Labute approximate surface area is 185 Å². The number of nitrogens with one attached hydrogen (secondary N) is 1. The van der Waals surface area contributed by atoms with E-state index >= 15 is 0 Å². The van der Waals surface area contributed by atoms with Crippen molar-refractivity contribution >= 4 is 29.9 Å². The Bertz CT molecular complexity index is 914. The lowest BCUT2D eigenvalue weighted by molar-refractivity contribution is -0.896. The van der Waals surface area contributed by atoms with Gasteiger partial charge in [-0.15, -0.1) is 0 Å². The van der Waals surface area contributed by atoms with Crippen LogP contribution in [0.25, 0.3) is 11.1 Å². The van der Waals surface area contributed by atoms with Crippen LogP contribution >= 0.6 is 11.6 Å². The molecule has 2 aromatic rings. The maximum Gasteiger partial charge on any atom is 0.411 e. The Morgan fingerprint density at radius 2 is 1.87 bits per heavy atom. The summed E-state index contributed by atoms with van der Waals surface area (Å²) >= 11 is 5.84. The van der Waals surface area contributed by atoms with Crippen LogP contribution in [0, 0.1) is 17.6 Å². The number of piperidine rings is 1. The number of rotatable bonds is 4. The van der Waals surface area contributed by atoms with Crippen LogP contribution in [0.5, 0.6) is 0 Å². The molecular formula is C22H25ClF2N2O4. The third-order valence-electron chi connectivity index (χ3n) is 5.18. The van der Waals surface area contributed by atoms with Crippen molar-refractivity contribution in [1.82, 2.24) is 0 Å². The number of hydrogen-bond donors (Lipinski definition) is 1. The van der Waals surface area contributed by atoms with Gasteiger partial charge in [-0.25, -0.2) is 13.6 Å². The van der Waals surface area contributed by atoms with Gasteiger partial charge in [-0.05, 0) is 35.9 Å². The smallest absolute Gasteiger partial charge is 0.411 e. The highest BCUT2D eigenvalue weighted by Crippen LogP contribution is 2.32. The molecular weight excluding hydrogens is 430 g/mol. The van der Waals surface area contributed by atoms with Crippen LogP contribution in [-0.4, -0.2) is 50.8 Å². The zero-order valence-electron chi connectivity index (χ0n) is 17.4. The molecule has 1 aliphatic rings. The molecule has 3 rings (SSSR count). The van der Waals surface area contributed by atoms with Gasteiger partial charge in [0.25, 0.3) is 0 Å². The molecule has 2 aromatic carbocycles. The molecule has 0 aromatic heterocycles. The molecule has 1 fully saturated rings. The average molecular weight is 455 g/mol. The predicted molar refractivity (Wildman–Crippen MR) is 112 cm³/mol. The molecule has 0 spiro atoms. The molecule has 9 heteroatoms. The molecule has 0 saturated carbocycles. The quantitative estimate of drug-likeness (QED) is 0.564. The second-order valence-electron chi connectivity index (χ2n) is 7.96. The molecule has 0 radical (unpaired) electrons. The Kier molecular flexibility index (Phi) is 8.76. The highest BCUT2D eigenvalue weighted by molar-refractivity contribution is 6.31. The number of likely N-dealkylation sites (tertiary alicyclic amines) is 1. The Morgan fingerprint density at radius 3 is 2.48 bits per heavy atom. The van der Waals surface area contributed by atoms with Crippen molar-refractivity contribution in [3.63, 3.8) is 0 Å². The molecule has 1 heterocycles. The molecule has 1 N–H and O–H groups in total. The summed E-state index contributed by atoms with van der Waals surface area (Å²) in [4.78, 5) is 20.5. The number of carbonyl (C=O) groups excluding carboxylic acids is 2. The van der Waals surface area contributed by atoms with E-state index < -0.39 is 24.2 Å². The van der Waals surface area contributed by atoms with Gasteiger partial charge in [0.05, 0.1) is 44.5 Å². The van der Waals surface area contributed by atoms with Crippen molar-refractivity contribution in [3.8, 4) is 11.1 Å². The zero-order valence-corrected chi connectivity index (χ0v) is 18.1. The first-order chi connectivity index (χ1) is 14.6. The van der Waals surface area contributed by atoms with Gasteiger partial charge in [0, 0.05) is 30.8 Å². The molecule has 1 amide bonds. The van der Waals surface area contributed by atoms with Gasteiger partial charge < -0.3 is 19.1 Å². The first-order valence-electron chi connectivity index (χ1n) is 9.71. The highest BCUT2D eigenvalue weighted by Gasteiger charge is 2.27. The summed E-state index contributed by atoms with van der Waals surface area (Å²) in [5.41, 5.74) is 1.26. The van der Waals surface area contributed by atoms with E-state index in [-0.39, 0.29) is 5.02 Å². The predicted octanol–water partition coefficient (Wildman–Crippen LogP) is 3.69. The lowest BCUT2D eigenvalue weighted by Gasteiger charge is -2.36. The monoisotopic (exact) mass is 454 g/mol. The second-order valence-corrected chi connectivity index (χ2v) is 8.37. The van der Waals surface area contributed by atoms with Crippen LogP contribution in [0.15, 0.2) is 36.4 Å². The van der Waals surface area contributed by atoms with E-state index in [0.717, 1.165) is 30.4 Å². The van der Waals surface area contributed by atoms with E-state index in [0.29, 0.717) is 29.3 Å². The number of hydrogen-bond acceptors (Lipinski definition) is 4. The van der Waals surface area contributed by atoms with Gasteiger partial charge in [-0.3, -0.25) is 5.32 Å². The number of quaternary nitrogens is 1. The zero-order chi connectivity index (χ0) is 23.0. The summed E-state index contributed by atoms with van der Waals surface area (Å²) in [6, 6.07) is 8.03. The van der Waals surface area contributed by atoms with Gasteiger partial charge in [0.2, 0.25) is 0 Å². The number of halogens is 3. The largest absolute Gasteiger partial charge is 0.554 e. The minimum atomic E-state index is -0.597. The van der Waals surface area contributed by atoms with Crippen molar-refractivity contribution in [1.29, 1.82) is 0 Å². The number of nitrogens with zero attached hydrogens (tertiary/aromatic N) is 1. The fourth-order valence-electron chi connectivity index (χ4n) is 3.35. The topological polar surface area (TPSA) is 78.5 Å². The Hall–Kier alpha value is -2.71. The highest BCUT2D eigenvalue weighted by atomic mass is 35.5. The third kappa shape index (κ3) is 7.48.